The normalized spacial score (nSPS) is 12.5. The maximum absolute atomic E-state index is 5.53. The Labute approximate surface area is 127 Å². The first-order chi connectivity index (χ1) is 9.97. The molecule has 1 N–H and O–H groups in total. The molecule has 0 fully saturated rings. The molecule has 2 rings (SSSR count). The fourth-order valence-corrected chi connectivity index (χ4v) is 2.81. The lowest BCUT2D eigenvalue weighted by molar-refractivity contribution is 0.401. The van der Waals surface area contributed by atoms with E-state index in [1.807, 2.05) is 24.8 Å². The second-order valence-electron chi connectivity index (χ2n) is 5.56. The van der Waals surface area contributed by atoms with Crippen LogP contribution in [0.3, 0.4) is 0 Å². The van der Waals surface area contributed by atoms with Crippen LogP contribution in [0, 0.1) is 20.8 Å². The highest BCUT2D eigenvalue weighted by Gasteiger charge is 2.19. The lowest BCUT2D eigenvalue weighted by Crippen LogP contribution is -2.20. The smallest absolute Gasteiger partial charge is 0.123 e. The Balaban J connectivity index is 2.38. The molecule has 0 saturated heterocycles. The van der Waals surface area contributed by atoms with Gasteiger partial charge in [-0.25, -0.2) is 0 Å². The van der Waals surface area contributed by atoms with Crippen LogP contribution in [0.15, 0.2) is 18.2 Å². The van der Waals surface area contributed by atoms with Gasteiger partial charge in [-0.1, -0.05) is 17.7 Å². The highest BCUT2D eigenvalue weighted by Crippen LogP contribution is 2.30. The Morgan fingerprint density at radius 3 is 2.52 bits per heavy atom. The van der Waals surface area contributed by atoms with Crippen molar-refractivity contribution in [2.75, 3.05) is 14.2 Å². The minimum atomic E-state index is 0.210. The van der Waals surface area contributed by atoms with Crippen molar-refractivity contribution in [1.29, 1.82) is 0 Å². The summed E-state index contributed by atoms with van der Waals surface area (Å²) in [6.07, 6.45) is 0.905. The van der Waals surface area contributed by atoms with Crippen molar-refractivity contribution in [1.82, 2.24) is 15.1 Å². The van der Waals surface area contributed by atoms with Gasteiger partial charge in [0, 0.05) is 24.3 Å². The van der Waals surface area contributed by atoms with E-state index in [0.717, 1.165) is 17.9 Å². The first-order valence-electron chi connectivity index (χ1n) is 7.28. The molecule has 2 aromatic rings. The van der Waals surface area contributed by atoms with Gasteiger partial charge in [-0.15, -0.1) is 0 Å². The fourth-order valence-electron chi connectivity index (χ4n) is 2.81. The number of aryl methyl sites for hydroxylation is 3. The lowest BCUT2D eigenvalue weighted by atomic mass is 9.96. The van der Waals surface area contributed by atoms with Crippen molar-refractivity contribution < 1.29 is 4.74 Å². The van der Waals surface area contributed by atoms with Crippen LogP contribution in [0.2, 0.25) is 0 Å². The Morgan fingerprint density at radius 2 is 2.00 bits per heavy atom. The monoisotopic (exact) mass is 287 g/mol. The molecule has 0 aliphatic rings. The van der Waals surface area contributed by atoms with Gasteiger partial charge < -0.3 is 10.1 Å². The van der Waals surface area contributed by atoms with Crippen molar-refractivity contribution in [2.24, 2.45) is 7.05 Å². The number of hydrogen-bond donors (Lipinski definition) is 1. The highest BCUT2D eigenvalue weighted by atomic mass is 16.5. The fraction of sp³-hybridized carbons (Fsp3) is 0.471. The largest absolute Gasteiger partial charge is 0.496 e. The summed E-state index contributed by atoms with van der Waals surface area (Å²) in [6, 6.07) is 6.52. The first kappa shape index (κ1) is 15.6. The zero-order chi connectivity index (χ0) is 15.6. The van der Waals surface area contributed by atoms with Gasteiger partial charge in [0.2, 0.25) is 0 Å². The van der Waals surface area contributed by atoms with Gasteiger partial charge in [0.25, 0.3) is 0 Å². The summed E-state index contributed by atoms with van der Waals surface area (Å²) in [5, 5.41) is 7.92. The van der Waals surface area contributed by atoms with E-state index in [9.17, 15) is 0 Å². The molecule has 0 saturated carbocycles. The van der Waals surface area contributed by atoms with Gasteiger partial charge in [0.15, 0.2) is 0 Å². The van der Waals surface area contributed by atoms with Gasteiger partial charge in [-0.05, 0) is 45.9 Å². The van der Waals surface area contributed by atoms with Crippen LogP contribution in [0.5, 0.6) is 5.75 Å². The van der Waals surface area contributed by atoms with E-state index in [1.54, 1.807) is 7.11 Å². The molecule has 1 heterocycles. The molecule has 0 spiro atoms. The quantitative estimate of drug-likeness (QED) is 0.919. The van der Waals surface area contributed by atoms with Crippen LogP contribution in [0.1, 0.15) is 34.1 Å². The number of hydrogen-bond acceptors (Lipinski definition) is 3. The predicted octanol–water partition coefficient (Wildman–Crippen LogP) is 2.86. The maximum Gasteiger partial charge on any atom is 0.123 e. The molecule has 21 heavy (non-hydrogen) atoms. The SMILES string of the molecule is CNC(Cc1c(C)nn(C)c1C)c1cc(C)ccc1OC. The predicted molar refractivity (Wildman–Crippen MR) is 85.9 cm³/mol. The summed E-state index contributed by atoms with van der Waals surface area (Å²) in [5.41, 5.74) is 6.06. The Morgan fingerprint density at radius 1 is 1.29 bits per heavy atom. The van der Waals surface area contributed by atoms with Gasteiger partial charge >= 0.3 is 0 Å². The second-order valence-corrected chi connectivity index (χ2v) is 5.56. The minimum Gasteiger partial charge on any atom is -0.496 e. The third kappa shape index (κ3) is 3.10. The Bertz CT molecular complexity index is 631. The van der Waals surface area contributed by atoms with Crippen LogP contribution in [-0.4, -0.2) is 23.9 Å². The number of methoxy groups -OCH3 is 1. The number of benzene rings is 1. The summed E-state index contributed by atoms with van der Waals surface area (Å²) in [6.45, 7) is 6.30. The molecule has 0 amide bonds. The zero-order valence-corrected chi connectivity index (χ0v) is 13.8. The van der Waals surface area contributed by atoms with E-state index < -0.39 is 0 Å². The molecule has 0 aliphatic carbocycles. The van der Waals surface area contributed by atoms with Crippen molar-refractivity contribution in [3.8, 4) is 5.75 Å². The number of ether oxygens (including phenoxy) is 1. The van der Waals surface area contributed by atoms with E-state index in [2.05, 4.69) is 43.3 Å². The Hall–Kier alpha value is -1.81. The molecule has 0 bridgehead atoms. The lowest BCUT2D eigenvalue weighted by Gasteiger charge is -2.20. The van der Waals surface area contributed by atoms with Crippen LogP contribution in [0.25, 0.3) is 0 Å². The van der Waals surface area contributed by atoms with Gasteiger partial charge in [-0.3, -0.25) is 4.68 Å². The van der Waals surface area contributed by atoms with Gasteiger partial charge in [-0.2, -0.15) is 5.10 Å². The number of rotatable bonds is 5. The topological polar surface area (TPSA) is 39.1 Å². The first-order valence-corrected chi connectivity index (χ1v) is 7.28. The molecular weight excluding hydrogens is 262 g/mol. The summed E-state index contributed by atoms with van der Waals surface area (Å²) < 4.78 is 7.47. The van der Waals surface area contributed by atoms with Crippen LogP contribution < -0.4 is 10.1 Å². The highest BCUT2D eigenvalue weighted by molar-refractivity contribution is 5.40. The molecule has 1 aromatic carbocycles. The van der Waals surface area contributed by atoms with E-state index in [4.69, 9.17) is 4.74 Å². The average Bonchev–Trinajstić information content (AvgIpc) is 2.70. The molecule has 1 unspecified atom stereocenters. The second kappa shape index (κ2) is 6.31. The molecule has 1 aromatic heterocycles. The van der Waals surface area contributed by atoms with Crippen LogP contribution >= 0.6 is 0 Å². The number of aromatic nitrogens is 2. The third-order valence-corrected chi connectivity index (χ3v) is 4.18. The number of likely N-dealkylation sites (N-methyl/N-ethyl adjacent to an activating group) is 1. The van der Waals surface area contributed by atoms with E-state index in [-0.39, 0.29) is 6.04 Å². The number of nitrogens with one attached hydrogen (secondary N) is 1. The third-order valence-electron chi connectivity index (χ3n) is 4.18. The van der Waals surface area contributed by atoms with Crippen molar-refractivity contribution in [3.63, 3.8) is 0 Å². The Kier molecular flexibility index (Phi) is 4.68. The molecule has 0 radical (unpaired) electrons. The van der Waals surface area contributed by atoms with E-state index in [1.165, 1.54) is 22.4 Å². The van der Waals surface area contributed by atoms with Gasteiger partial charge in [0.1, 0.15) is 5.75 Å². The summed E-state index contributed by atoms with van der Waals surface area (Å²) in [7, 11) is 5.71. The van der Waals surface area contributed by atoms with Crippen LogP contribution in [0.4, 0.5) is 0 Å². The van der Waals surface area contributed by atoms with Crippen molar-refractivity contribution >= 4 is 0 Å². The zero-order valence-electron chi connectivity index (χ0n) is 13.8. The van der Waals surface area contributed by atoms with Crippen molar-refractivity contribution in [3.05, 3.63) is 46.3 Å². The molecule has 114 valence electrons. The van der Waals surface area contributed by atoms with Crippen molar-refractivity contribution in [2.45, 2.75) is 33.2 Å². The van der Waals surface area contributed by atoms with E-state index >= 15 is 0 Å². The number of nitrogens with zero attached hydrogens (tertiary/aromatic N) is 2. The minimum absolute atomic E-state index is 0.210. The summed E-state index contributed by atoms with van der Waals surface area (Å²) in [5.74, 6) is 0.930. The summed E-state index contributed by atoms with van der Waals surface area (Å²) in [4.78, 5) is 0. The molecule has 0 aliphatic heterocycles. The van der Waals surface area contributed by atoms with Gasteiger partial charge in [0.05, 0.1) is 12.8 Å². The van der Waals surface area contributed by atoms with Crippen LogP contribution in [-0.2, 0) is 13.5 Å². The molecule has 1 atom stereocenters. The standard InChI is InChI=1S/C17H25N3O/c1-11-7-8-17(21-6)15(9-11)16(18-4)10-14-12(2)19-20(5)13(14)3/h7-9,16,18H,10H2,1-6H3. The molecule has 4 heteroatoms. The van der Waals surface area contributed by atoms with E-state index in [0.29, 0.717) is 0 Å². The average molecular weight is 287 g/mol. The molecule has 4 nitrogen and oxygen atoms in total. The summed E-state index contributed by atoms with van der Waals surface area (Å²) >= 11 is 0. The molecular formula is C17H25N3O. The maximum atomic E-state index is 5.53.